The normalized spacial score (nSPS) is 12.0. The summed E-state index contributed by atoms with van der Waals surface area (Å²) in [6.07, 6.45) is 0. The van der Waals surface area contributed by atoms with Gasteiger partial charge in [-0.1, -0.05) is 0 Å². The second-order valence-corrected chi connectivity index (χ2v) is 4.55. The van der Waals surface area contributed by atoms with Crippen LogP contribution in [0, 0.1) is 9.39 Å². The van der Waals surface area contributed by atoms with Crippen molar-refractivity contribution in [3.8, 4) is 0 Å². The summed E-state index contributed by atoms with van der Waals surface area (Å²) >= 11 is 2.03. The molecule has 16 heavy (non-hydrogen) atoms. The number of rotatable bonds is 4. The van der Waals surface area contributed by atoms with Gasteiger partial charge < -0.3 is 10.6 Å². The second-order valence-electron chi connectivity index (χ2n) is 3.38. The molecule has 0 radical (unpaired) electrons. The van der Waals surface area contributed by atoms with Crippen LogP contribution in [0.1, 0.15) is 13.8 Å². The first-order valence-electron chi connectivity index (χ1n) is 5.04. The Morgan fingerprint density at radius 1 is 1.56 bits per heavy atom. The zero-order chi connectivity index (χ0) is 12.1. The van der Waals surface area contributed by atoms with Crippen molar-refractivity contribution in [2.45, 2.75) is 19.9 Å². The number of hydrogen-bond donors (Lipinski definition) is 2. The van der Waals surface area contributed by atoms with Crippen molar-refractivity contribution in [1.82, 2.24) is 5.32 Å². The van der Waals surface area contributed by atoms with Crippen molar-refractivity contribution in [3.05, 3.63) is 27.6 Å². The topological polar surface area (TPSA) is 41.1 Å². The molecule has 0 spiro atoms. The van der Waals surface area contributed by atoms with E-state index in [1.807, 2.05) is 29.5 Å². The van der Waals surface area contributed by atoms with Crippen molar-refractivity contribution in [3.63, 3.8) is 0 Å². The lowest BCUT2D eigenvalue weighted by Gasteiger charge is -2.15. The van der Waals surface area contributed by atoms with Crippen LogP contribution in [0.5, 0.6) is 0 Å². The van der Waals surface area contributed by atoms with E-state index in [1.54, 1.807) is 13.0 Å². The SMILES string of the molecule is CCNC(=O)C(C)Nc1ccc(F)cc1I. The fourth-order valence-corrected chi connectivity index (χ4v) is 1.87. The number of hydrogen-bond acceptors (Lipinski definition) is 2. The quantitative estimate of drug-likeness (QED) is 0.829. The van der Waals surface area contributed by atoms with Gasteiger partial charge in [0.15, 0.2) is 0 Å². The zero-order valence-corrected chi connectivity index (χ0v) is 11.3. The Bertz CT molecular complexity index is 384. The van der Waals surface area contributed by atoms with Crippen LogP contribution in [0.4, 0.5) is 10.1 Å². The fourth-order valence-electron chi connectivity index (χ4n) is 1.23. The van der Waals surface area contributed by atoms with Gasteiger partial charge in [-0.05, 0) is 54.6 Å². The zero-order valence-electron chi connectivity index (χ0n) is 9.18. The summed E-state index contributed by atoms with van der Waals surface area (Å²) in [6.45, 7) is 4.24. The standard InChI is InChI=1S/C11H14FIN2O/c1-3-14-11(16)7(2)15-10-5-4-8(12)6-9(10)13/h4-7,15H,3H2,1-2H3,(H,14,16). The van der Waals surface area contributed by atoms with Crippen molar-refractivity contribution in [1.29, 1.82) is 0 Å². The average molecular weight is 336 g/mol. The summed E-state index contributed by atoms with van der Waals surface area (Å²) in [5, 5.41) is 5.75. The van der Waals surface area contributed by atoms with E-state index in [0.29, 0.717) is 6.54 Å². The number of nitrogens with one attached hydrogen (secondary N) is 2. The highest BCUT2D eigenvalue weighted by atomic mass is 127. The first kappa shape index (κ1) is 13.2. The Labute approximate surface area is 108 Å². The van der Waals surface area contributed by atoms with Crippen molar-refractivity contribution in [2.75, 3.05) is 11.9 Å². The molecular formula is C11H14FIN2O. The van der Waals surface area contributed by atoms with Gasteiger partial charge in [0.1, 0.15) is 11.9 Å². The summed E-state index contributed by atoms with van der Waals surface area (Å²) in [7, 11) is 0. The first-order chi connectivity index (χ1) is 7.54. The number of likely N-dealkylation sites (N-methyl/N-ethyl adjacent to an activating group) is 1. The minimum atomic E-state index is -0.334. The van der Waals surface area contributed by atoms with Gasteiger partial charge in [0.2, 0.25) is 5.91 Å². The van der Waals surface area contributed by atoms with Crippen LogP contribution in [0.25, 0.3) is 0 Å². The number of carbonyl (C=O) groups is 1. The van der Waals surface area contributed by atoms with Crippen LogP contribution in [0.15, 0.2) is 18.2 Å². The van der Waals surface area contributed by atoms with E-state index in [2.05, 4.69) is 10.6 Å². The first-order valence-corrected chi connectivity index (χ1v) is 6.11. The Morgan fingerprint density at radius 2 is 2.25 bits per heavy atom. The third-order valence-corrected chi connectivity index (χ3v) is 2.94. The van der Waals surface area contributed by atoms with Gasteiger partial charge in [-0.25, -0.2) is 4.39 Å². The fraction of sp³-hybridized carbons (Fsp3) is 0.364. The smallest absolute Gasteiger partial charge is 0.242 e. The summed E-state index contributed by atoms with van der Waals surface area (Å²) in [6, 6.07) is 4.09. The van der Waals surface area contributed by atoms with Crippen LogP contribution in [0.3, 0.4) is 0 Å². The number of carbonyl (C=O) groups excluding carboxylic acids is 1. The van der Waals surface area contributed by atoms with Gasteiger partial charge >= 0.3 is 0 Å². The maximum atomic E-state index is 12.9. The molecule has 3 nitrogen and oxygen atoms in total. The number of amides is 1. The van der Waals surface area contributed by atoms with Crippen LogP contribution in [0.2, 0.25) is 0 Å². The molecule has 0 saturated heterocycles. The monoisotopic (exact) mass is 336 g/mol. The number of benzene rings is 1. The Hall–Kier alpha value is -0.850. The highest BCUT2D eigenvalue weighted by Crippen LogP contribution is 2.19. The molecule has 0 heterocycles. The molecule has 5 heteroatoms. The molecule has 0 fully saturated rings. The lowest BCUT2D eigenvalue weighted by atomic mass is 10.2. The summed E-state index contributed by atoms with van der Waals surface area (Å²) in [5.41, 5.74) is 0.765. The minimum Gasteiger partial charge on any atom is -0.373 e. The molecule has 0 saturated carbocycles. The van der Waals surface area contributed by atoms with E-state index >= 15 is 0 Å². The van der Waals surface area contributed by atoms with Gasteiger partial charge in [-0.15, -0.1) is 0 Å². The highest BCUT2D eigenvalue weighted by Gasteiger charge is 2.12. The van der Waals surface area contributed by atoms with E-state index in [0.717, 1.165) is 9.26 Å². The maximum absolute atomic E-state index is 12.9. The molecule has 0 aliphatic carbocycles. The van der Waals surface area contributed by atoms with E-state index in [9.17, 15) is 9.18 Å². The van der Waals surface area contributed by atoms with Crippen molar-refractivity contribution >= 4 is 34.2 Å². The molecule has 2 N–H and O–H groups in total. The molecule has 1 aromatic carbocycles. The highest BCUT2D eigenvalue weighted by molar-refractivity contribution is 14.1. The molecule has 88 valence electrons. The van der Waals surface area contributed by atoms with Crippen molar-refractivity contribution in [2.24, 2.45) is 0 Å². The lowest BCUT2D eigenvalue weighted by molar-refractivity contribution is -0.121. The number of anilines is 1. The molecular weight excluding hydrogens is 322 g/mol. The molecule has 0 aliphatic rings. The molecule has 1 aromatic rings. The summed E-state index contributed by atoms with van der Waals surface area (Å²) < 4.78 is 13.6. The lowest BCUT2D eigenvalue weighted by Crippen LogP contribution is -2.37. The Balaban J connectivity index is 2.69. The van der Waals surface area contributed by atoms with E-state index in [4.69, 9.17) is 0 Å². The van der Waals surface area contributed by atoms with Gasteiger partial charge in [0.05, 0.1) is 0 Å². The summed E-state index contributed by atoms with van der Waals surface area (Å²) in [5.74, 6) is -0.344. The average Bonchev–Trinajstić information content (AvgIpc) is 2.22. The van der Waals surface area contributed by atoms with Crippen LogP contribution in [-0.4, -0.2) is 18.5 Å². The van der Waals surface area contributed by atoms with Crippen LogP contribution >= 0.6 is 22.6 Å². The second kappa shape index (κ2) is 6.03. The third kappa shape index (κ3) is 3.62. The predicted octanol–water partition coefficient (Wildman–Crippen LogP) is 2.37. The van der Waals surface area contributed by atoms with E-state index in [1.165, 1.54) is 12.1 Å². The molecule has 1 atom stereocenters. The molecule has 1 unspecified atom stereocenters. The van der Waals surface area contributed by atoms with E-state index in [-0.39, 0.29) is 17.8 Å². The van der Waals surface area contributed by atoms with Crippen LogP contribution in [-0.2, 0) is 4.79 Å². The van der Waals surface area contributed by atoms with E-state index < -0.39 is 0 Å². The molecule has 1 amide bonds. The molecule has 0 aromatic heterocycles. The molecule has 1 rings (SSSR count). The predicted molar refractivity (Wildman–Crippen MR) is 70.9 cm³/mol. The molecule has 0 bridgehead atoms. The van der Waals surface area contributed by atoms with Gasteiger partial charge in [-0.2, -0.15) is 0 Å². The van der Waals surface area contributed by atoms with Gasteiger partial charge in [-0.3, -0.25) is 4.79 Å². The Morgan fingerprint density at radius 3 is 2.81 bits per heavy atom. The van der Waals surface area contributed by atoms with Crippen LogP contribution < -0.4 is 10.6 Å². The third-order valence-electron chi connectivity index (χ3n) is 2.05. The largest absolute Gasteiger partial charge is 0.373 e. The molecule has 0 aliphatic heterocycles. The maximum Gasteiger partial charge on any atom is 0.242 e. The summed E-state index contributed by atoms with van der Waals surface area (Å²) in [4.78, 5) is 11.5. The number of halogens is 2. The Kier molecular flexibility index (Phi) is 4.98. The van der Waals surface area contributed by atoms with Gasteiger partial charge in [0, 0.05) is 15.8 Å². The van der Waals surface area contributed by atoms with Gasteiger partial charge in [0.25, 0.3) is 0 Å². The minimum absolute atomic E-state index is 0.0670. The van der Waals surface area contributed by atoms with Crippen molar-refractivity contribution < 1.29 is 9.18 Å².